The smallest absolute Gasteiger partial charge is 0.422 e. The Labute approximate surface area is 102 Å². The summed E-state index contributed by atoms with van der Waals surface area (Å²) in [4.78, 5) is 2.00. The number of benzene rings is 1. The first-order valence-electron chi connectivity index (χ1n) is 5.70. The van der Waals surface area contributed by atoms with Crippen molar-refractivity contribution in [2.45, 2.75) is 19.0 Å². The van der Waals surface area contributed by atoms with Gasteiger partial charge in [0.2, 0.25) is 0 Å². The van der Waals surface area contributed by atoms with E-state index in [9.17, 15) is 17.6 Å². The Hall–Kier alpha value is -1.46. The van der Waals surface area contributed by atoms with Crippen molar-refractivity contribution in [1.29, 1.82) is 0 Å². The van der Waals surface area contributed by atoms with Gasteiger partial charge < -0.3 is 9.64 Å². The number of hydrogen-bond acceptors (Lipinski definition) is 2. The lowest BCUT2D eigenvalue weighted by Gasteiger charge is -2.18. The Kier molecular flexibility index (Phi) is 3.63. The average molecular weight is 263 g/mol. The zero-order valence-corrected chi connectivity index (χ0v) is 9.63. The van der Waals surface area contributed by atoms with Crippen LogP contribution in [-0.4, -0.2) is 25.9 Å². The third-order valence-electron chi connectivity index (χ3n) is 2.78. The molecule has 100 valence electrons. The van der Waals surface area contributed by atoms with Crippen LogP contribution in [0.4, 0.5) is 23.2 Å². The second kappa shape index (κ2) is 5.04. The maximum Gasteiger partial charge on any atom is 0.422 e. The van der Waals surface area contributed by atoms with E-state index in [0.717, 1.165) is 25.9 Å². The molecule has 0 atom stereocenters. The number of rotatable bonds is 3. The maximum absolute atomic E-state index is 13.6. The standard InChI is InChI=1S/C12H13F4NO/c13-10-7-9(17-5-1-2-6-17)3-4-11(10)18-8-12(14,15)16/h3-4,7H,1-2,5-6,8H2. The Morgan fingerprint density at radius 3 is 2.39 bits per heavy atom. The first-order valence-corrected chi connectivity index (χ1v) is 5.70. The molecule has 0 saturated carbocycles. The number of halogens is 4. The zero-order chi connectivity index (χ0) is 13.2. The molecule has 0 amide bonds. The van der Waals surface area contributed by atoms with Crippen molar-refractivity contribution in [3.05, 3.63) is 24.0 Å². The molecule has 0 bridgehead atoms. The van der Waals surface area contributed by atoms with E-state index >= 15 is 0 Å². The van der Waals surface area contributed by atoms with Gasteiger partial charge in [-0.25, -0.2) is 4.39 Å². The van der Waals surface area contributed by atoms with Crippen LogP contribution in [0.5, 0.6) is 5.75 Å². The van der Waals surface area contributed by atoms with E-state index in [-0.39, 0.29) is 5.75 Å². The van der Waals surface area contributed by atoms with Gasteiger partial charge in [-0.2, -0.15) is 13.2 Å². The molecule has 0 aromatic heterocycles. The van der Waals surface area contributed by atoms with Crippen LogP contribution in [0.2, 0.25) is 0 Å². The lowest BCUT2D eigenvalue weighted by atomic mass is 10.2. The molecule has 6 heteroatoms. The molecular formula is C12H13F4NO. The summed E-state index contributed by atoms with van der Waals surface area (Å²) in [6.07, 6.45) is -2.36. The molecular weight excluding hydrogens is 250 g/mol. The largest absolute Gasteiger partial charge is 0.481 e. The van der Waals surface area contributed by atoms with E-state index in [1.165, 1.54) is 12.1 Å². The van der Waals surface area contributed by atoms with Crippen molar-refractivity contribution >= 4 is 5.69 Å². The maximum atomic E-state index is 13.6. The minimum absolute atomic E-state index is 0.365. The van der Waals surface area contributed by atoms with Crippen molar-refractivity contribution in [2.24, 2.45) is 0 Å². The Morgan fingerprint density at radius 2 is 1.83 bits per heavy atom. The van der Waals surface area contributed by atoms with Gasteiger partial charge in [-0.3, -0.25) is 0 Å². The van der Waals surface area contributed by atoms with Crippen LogP contribution < -0.4 is 9.64 Å². The Bertz CT molecular complexity index is 413. The van der Waals surface area contributed by atoms with Crippen LogP contribution in [0.1, 0.15) is 12.8 Å². The minimum Gasteiger partial charge on any atom is -0.481 e. The minimum atomic E-state index is -4.46. The SMILES string of the molecule is Fc1cc(N2CCCC2)ccc1OCC(F)(F)F. The normalized spacial score (nSPS) is 16.1. The highest BCUT2D eigenvalue weighted by Crippen LogP contribution is 2.27. The summed E-state index contributed by atoms with van der Waals surface area (Å²) in [5.74, 6) is -1.13. The van der Waals surface area contributed by atoms with Crippen molar-refractivity contribution in [3.8, 4) is 5.75 Å². The van der Waals surface area contributed by atoms with Crippen LogP contribution in [0, 0.1) is 5.82 Å². The Morgan fingerprint density at radius 1 is 1.17 bits per heavy atom. The van der Waals surface area contributed by atoms with E-state index < -0.39 is 18.6 Å². The molecule has 18 heavy (non-hydrogen) atoms. The number of ether oxygens (including phenoxy) is 1. The number of hydrogen-bond donors (Lipinski definition) is 0. The van der Waals surface area contributed by atoms with Crippen molar-refractivity contribution in [1.82, 2.24) is 0 Å². The van der Waals surface area contributed by atoms with Crippen molar-refractivity contribution < 1.29 is 22.3 Å². The molecule has 0 unspecified atom stereocenters. The summed E-state index contributed by atoms with van der Waals surface area (Å²) < 4.78 is 53.8. The van der Waals surface area contributed by atoms with Gasteiger partial charge in [-0.15, -0.1) is 0 Å². The fourth-order valence-electron chi connectivity index (χ4n) is 1.94. The summed E-state index contributed by atoms with van der Waals surface area (Å²) in [5.41, 5.74) is 0.685. The molecule has 1 fully saturated rings. The number of nitrogens with zero attached hydrogens (tertiary/aromatic N) is 1. The Balaban J connectivity index is 2.05. The fraction of sp³-hybridized carbons (Fsp3) is 0.500. The summed E-state index contributed by atoms with van der Waals surface area (Å²) in [7, 11) is 0. The van der Waals surface area contributed by atoms with Crippen LogP contribution in [0.15, 0.2) is 18.2 Å². The predicted molar refractivity (Wildman–Crippen MR) is 59.4 cm³/mol. The van der Waals surface area contributed by atoms with E-state index in [4.69, 9.17) is 0 Å². The second-order valence-corrected chi connectivity index (χ2v) is 4.21. The van der Waals surface area contributed by atoms with Gasteiger partial charge in [0.15, 0.2) is 18.2 Å². The van der Waals surface area contributed by atoms with Gasteiger partial charge in [-0.05, 0) is 25.0 Å². The van der Waals surface area contributed by atoms with Gasteiger partial charge in [0, 0.05) is 24.8 Å². The molecule has 0 spiro atoms. The molecule has 2 nitrogen and oxygen atoms in total. The quantitative estimate of drug-likeness (QED) is 0.775. The van der Waals surface area contributed by atoms with Crippen molar-refractivity contribution in [2.75, 3.05) is 24.6 Å². The highest BCUT2D eigenvalue weighted by molar-refractivity contribution is 5.50. The lowest BCUT2D eigenvalue weighted by molar-refractivity contribution is -0.153. The van der Waals surface area contributed by atoms with Gasteiger partial charge in [0.05, 0.1) is 0 Å². The summed E-state index contributed by atoms with van der Waals surface area (Å²) >= 11 is 0. The van der Waals surface area contributed by atoms with E-state index in [2.05, 4.69) is 4.74 Å². The monoisotopic (exact) mass is 263 g/mol. The predicted octanol–water partition coefficient (Wildman–Crippen LogP) is 3.37. The van der Waals surface area contributed by atoms with Gasteiger partial charge in [-0.1, -0.05) is 0 Å². The molecule has 1 aliphatic heterocycles. The molecule has 1 aromatic rings. The molecule has 0 aliphatic carbocycles. The first kappa shape index (κ1) is 13.0. The summed E-state index contributed by atoms with van der Waals surface area (Å²) in [6.45, 7) is 0.220. The third kappa shape index (κ3) is 3.27. The van der Waals surface area contributed by atoms with E-state index in [0.29, 0.717) is 5.69 Å². The van der Waals surface area contributed by atoms with Crippen LogP contribution in [-0.2, 0) is 0 Å². The zero-order valence-electron chi connectivity index (χ0n) is 9.63. The molecule has 1 aromatic carbocycles. The second-order valence-electron chi connectivity index (χ2n) is 4.21. The highest BCUT2D eigenvalue weighted by atomic mass is 19.4. The molecule has 0 radical (unpaired) electrons. The topological polar surface area (TPSA) is 12.5 Å². The third-order valence-corrected chi connectivity index (χ3v) is 2.78. The van der Waals surface area contributed by atoms with E-state index in [1.54, 1.807) is 6.07 Å². The average Bonchev–Trinajstić information content (AvgIpc) is 2.79. The summed E-state index contributed by atoms with van der Waals surface area (Å²) in [6, 6.07) is 4.05. The molecule has 0 N–H and O–H groups in total. The van der Waals surface area contributed by atoms with Crippen molar-refractivity contribution in [3.63, 3.8) is 0 Å². The molecule has 1 heterocycles. The molecule has 1 aliphatic rings. The number of alkyl halides is 3. The van der Waals surface area contributed by atoms with Gasteiger partial charge >= 0.3 is 6.18 Å². The fourth-order valence-corrected chi connectivity index (χ4v) is 1.94. The highest BCUT2D eigenvalue weighted by Gasteiger charge is 2.29. The summed E-state index contributed by atoms with van der Waals surface area (Å²) in [5, 5.41) is 0. The molecule has 2 rings (SSSR count). The van der Waals surface area contributed by atoms with Crippen LogP contribution in [0.25, 0.3) is 0 Å². The first-order chi connectivity index (χ1) is 8.46. The molecule has 1 saturated heterocycles. The van der Waals surface area contributed by atoms with E-state index in [1.807, 2.05) is 4.90 Å². The van der Waals surface area contributed by atoms with Crippen LogP contribution >= 0.6 is 0 Å². The van der Waals surface area contributed by atoms with Crippen LogP contribution in [0.3, 0.4) is 0 Å². The number of anilines is 1. The van der Waals surface area contributed by atoms with Gasteiger partial charge in [0.25, 0.3) is 0 Å². The lowest BCUT2D eigenvalue weighted by Crippen LogP contribution is -2.20. The van der Waals surface area contributed by atoms with Gasteiger partial charge in [0.1, 0.15) is 0 Å².